The van der Waals surface area contributed by atoms with E-state index in [0.717, 1.165) is 0 Å². The van der Waals surface area contributed by atoms with Crippen molar-refractivity contribution in [2.24, 2.45) is 0 Å². The molecule has 0 aliphatic rings. The predicted octanol–water partition coefficient (Wildman–Crippen LogP) is 0.904. The Morgan fingerprint density at radius 2 is 1.19 bits per heavy atom. The molecule has 0 bridgehead atoms. The van der Waals surface area contributed by atoms with Crippen LogP contribution < -0.4 is 10.2 Å². The number of carbonyl (C=O) groups excluding carboxylic acids is 2. The van der Waals surface area contributed by atoms with Gasteiger partial charge in [0.1, 0.15) is 23.5 Å². The number of furan rings is 2. The van der Waals surface area contributed by atoms with Crippen molar-refractivity contribution in [3.05, 3.63) is 54.2 Å². The zero-order chi connectivity index (χ0) is 15.5. The Hall–Kier alpha value is -1.97. The van der Waals surface area contributed by atoms with E-state index in [0.29, 0.717) is 0 Å². The van der Waals surface area contributed by atoms with Crippen LogP contribution in [0.15, 0.2) is 45.6 Å². The van der Waals surface area contributed by atoms with Crippen molar-refractivity contribution in [1.82, 2.24) is 0 Å². The maximum absolute atomic E-state index is 9.86. The molecule has 0 saturated heterocycles. The third-order valence-corrected chi connectivity index (χ3v) is 1.44. The Balaban J connectivity index is 0. The van der Waals surface area contributed by atoms with Gasteiger partial charge < -0.3 is 34.6 Å². The van der Waals surface area contributed by atoms with E-state index in [1.165, 1.54) is 42.7 Å². The maximum Gasteiger partial charge on any atom is 3.00 e. The zero-order valence-electron chi connectivity index (χ0n) is 11.8. The van der Waals surface area contributed by atoms with E-state index in [-0.39, 0.29) is 28.9 Å². The average molecular weight is 331 g/mol. The summed E-state index contributed by atoms with van der Waals surface area (Å²) >= 11 is 0. The summed E-state index contributed by atoms with van der Waals surface area (Å²) in [6.07, 6.45) is 2.57. The largest absolute Gasteiger partial charge is 3.00 e. The van der Waals surface area contributed by atoms with Crippen molar-refractivity contribution in [2.45, 2.75) is 20.8 Å². The topological polar surface area (TPSA) is 107 Å². The van der Waals surface area contributed by atoms with E-state index in [1.54, 1.807) is 0 Å². The molecule has 0 amide bonds. The van der Waals surface area contributed by atoms with Crippen LogP contribution in [0.2, 0.25) is 0 Å². The maximum atomic E-state index is 9.86. The number of carboxylic acid groups (broad SMARTS) is 2. The molecule has 0 aromatic carbocycles. The van der Waals surface area contributed by atoms with Gasteiger partial charge in [0.25, 0.3) is 0 Å². The van der Waals surface area contributed by atoms with Gasteiger partial charge in [-0.1, -0.05) is 0 Å². The van der Waals surface area contributed by atoms with E-state index < -0.39 is 11.9 Å². The summed E-state index contributed by atoms with van der Waals surface area (Å²) in [7, 11) is 0. The predicted molar refractivity (Wildman–Crippen MR) is 66.3 cm³/mol. The van der Waals surface area contributed by atoms with E-state index in [1.807, 2.05) is 0 Å². The van der Waals surface area contributed by atoms with Crippen LogP contribution in [0.5, 0.6) is 0 Å². The number of hydrogen-bond acceptors (Lipinski definition) is 6. The summed E-state index contributed by atoms with van der Waals surface area (Å²) in [5.41, 5.74) is 0. The number of carbonyl (C=O) groups is 2. The van der Waals surface area contributed by atoms with Crippen molar-refractivity contribution in [2.75, 3.05) is 0 Å². The van der Waals surface area contributed by atoms with Crippen molar-refractivity contribution in [3.63, 3.8) is 0 Å². The standard InChI is InChI=1S/2C5H4O3.C4H9.Cr/c2*6-5(7)4-2-1-3-8-4;1-4(2)3;/h2*1-3H,(H,6,7);1-3H3;/q;;-1;+3/p-2. The number of aromatic carboxylic acids is 2. The van der Waals surface area contributed by atoms with Gasteiger partial charge in [-0.15, -0.1) is 0 Å². The van der Waals surface area contributed by atoms with E-state index >= 15 is 0 Å². The van der Waals surface area contributed by atoms with Crippen LogP contribution >= 0.6 is 0 Å². The molecule has 0 saturated carbocycles. The fourth-order valence-electron chi connectivity index (χ4n) is 0.789. The van der Waals surface area contributed by atoms with Crippen LogP contribution in [0.1, 0.15) is 41.9 Å². The molecule has 2 heterocycles. The van der Waals surface area contributed by atoms with Gasteiger partial charge in [0.15, 0.2) is 0 Å². The van der Waals surface area contributed by atoms with Gasteiger partial charge in [0.2, 0.25) is 0 Å². The molecule has 1 radical (unpaired) electrons. The molecule has 6 nitrogen and oxygen atoms in total. The first kappa shape index (κ1) is 21.3. The minimum atomic E-state index is -1.28. The van der Waals surface area contributed by atoms with Gasteiger partial charge in [-0.05, 0) is 24.3 Å². The average Bonchev–Trinajstić information content (AvgIpc) is 3.03. The molecule has 2 rings (SSSR count). The number of carboxylic acids is 2. The summed E-state index contributed by atoms with van der Waals surface area (Å²) in [5.74, 6) is -1.42. The van der Waals surface area contributed by atoms with Gasteiger partial charge in [0.05, 0.1) is 12.5 Å². The van der Waals surface area contributed by atoms with Crippen LogP contribution in [0, 0.1) is 5.92 Å². The third-order valence-electron chi connectivity index (χ3n) is 1.44. The van der Waals surface area contributed by atoms with Crippen molar-refractivity contribution in [3.8, 4) is 0 Å². The molecule has 2 aromatic rings. The second-order valence-corrected chi connectivity index (χ2v) is 4.03. The molecule has 0 spiro atoms. The molecular weight excluding hydrogens is 316 g/mol. The third kappa shape index (κ3) is 11.6. The van der Waals surface area contributed by atoms with Gasteiger partial charge >= 0.3 is 17.4 Å². The van der Waals surface area contributed by atoms with Crippen molar-refractivity contribution < 1.29 is 46.0 Å². The second kappa shape index (κ2) is 11.8. The SMILES string of the molecule is C[C-](C)C.O=C([O-])c1ccco1.O=C([O-])c1ccco1.[Cr+3]. The molecule has 0 fully saturated rings. The number of rotatable bonds is 2. The number of hydrogen-bond donors (Lipinski definition) is 0. The quantitative estimate of drug-likeness (QED) is 0.757. The summed E-state index contributed by atoms with van der Waals surface area (Å²) in [6, 6.07) is 5.64. The van der Waals surface area contributed by atoms with Crippen LogP contribution in [0.4, 0.5) is 0 Å². The smallest absolute Gasteiger partial charge is 0.542 e. The minimum absolute atomic E-state index is 0. The van der Waals surface area contributed by atoms with Crippen LogP contribution in [0.3, 0.4) is 0 Å². The molecule has 0 atom stereocenters. The molecule has 21 heavy (non-hydrogen) atoms. The summed E-state index contributed by atoms with van der Waals surface area (Å²) in [5, 5.41) is 19.7. The normalized spacial score (nSPS) is 8.57. The molecule has 0 aliphatic carbocycles. The molecule has 113 valence electrons. The van der Waals surface area contributed by atoms with Gasteiger partial charge in [-0.3, -0.25) is 0 Å². The van der Waals surface area contributed by atoms with Crippen LogP contribution in [-0.4, -0.2) is 11.9 Å². The summed E-state index contributed by atoms with van der Waals surface area (Å²) in [6.45, 7) is 6.25. The van der Waals surface area contributed by atoms with Crippen molar-refractivity contribution in [1.29, 1.82) is 0 Å². The Kier molecular flexibility index (Phi) is 12.0. The fraction of sp³-hybridized carbons (Fsp3) is 0.214. The summed E-state index contributed by atoms with van der Waals surface area (Å²) < 4.78 is 8.87. The molecule has 2 aromatic heterocycles. The first-order valence-corrected chi connectivity index (χ1v) is 5.61. The molecular formula is C14H15CrO6. The van der Waals surface area contributed by atoms with E-state index in [9.17, 15) is 19.8 Å². The Bertz CT molecular complexity index is 441. The first-order chi connectivity index (χ1) is 9.34. The van der Waals surface area contributed by atoms with E-state index in [4.69, 9.17) is 0 Å². The molecule has 0 aliphatic heterocycles. The van der Waals surface area contributed by atoms with E-state index in [2.05, 4.69) is 29.6 Å². The Morgan fingerprint density at radius 1 is 0.905 bits per heavy atom. The first-order valence-electron chi connectivity index (χ1n) is 5.61. The Labute approximate surface area is 133 Å². The van der Waals surface area contributed by atoms with Gasteiger partial charge in [-0.2, -0.15) is 20.8 Å². The van der Waals surface area contributed by atoms with Crippen molar-refractivity contribution >= 4 is 11.9 Å². The van der Waals surface area contributed by atoms with Gasteiger partial charge in [0, 0.05) is 0 Å². The van der Waals surface area contributed by atoms with Gasteiger partial charge in [-0.25, -0.2) is 0 Å². The Morgan fingerprint density at radius 3 is 1.29 bits per heavy atom. The second-order valence-electron chi connectivity index (χ2n) is 4.03. The molecule has 7 heteroatoms. The molecule has 0 unspecified atom stereocenters. The van der Waals surface area contributed by atoms with Crippen LogP contribution in [0.25, 0.3) is 0 Å². The minimum Gasteiger partial charge on any atom is -0.542 e. The summed E-state index contributed by atoms with van der Waals surface area (Å²) in [4.78, 5) is 19.7. The van der Waals surface area contributed by atoms with Crippen LogP contribution in [-0.2, 0) is 17.4 Å². The monoisotopic (exact) mass is 331 g/mol. The zero-order valence-corrected chi connectivity index (χ0v) is 13.1. The molecule has 0 N–H and O–H groups in total. The fourth-order valence-corrected chi connectivity index (χ4v) is 0.789.